The van der Waals surface area contributed by atoms with Gasteiger partial charge < -0.3 is 15.1 Å². The van der Waals surface area contributed by atoms with Gasteiger partial charge in [0.15, 0.2) is 0 Å². The van der Waals surface area contributed by atoms with Gasteiger partial charge in [-0.25, -0.2) is 0 Å². The Morgan fingerprint density at radius 1 is 1.00 bits per heavy atom. The molecule has 3 aliphatic carbocycles. The molecule has 3 nitrogen and oxygen atoms in total. The number of hydrogen-bond donors (Lipinski definition) is 1. The Labute approximate surface area is 321 Å². The normalized spacial score (nSPS) is 22.1. The largest absolute Gasteiger partial charge is 0.378 e. The van der Waals surface area contributed by atoms with Crippen molar-refractivity contribution < 1.29 is 0 Å². The molecular formula is C49H53N3S. The highest BCUT2D eigenvalue weighted by Gasteiger charge is 2.32. The van der Waals surface area contributed by atoms with E-state index < -0.39 is 0 Å². The van der Waals surface area contributed by atoms with Crippen LogP contribution >= 0.6 is 11.3 Å². The molecule has 2 heterocycles. The average Bonchev–Trinajstić information content (AvgIpc) is 3.51. The number of benzene rings is 2. The Morgan fingerprint density at radius 3 is 2.60 bits per heavy atom. The molecule has 1 aliphatic heterocycles. The third kappa shape index (κ3) is 7.70. The van der Waals surface area contributed by atoms with E-state index in [9.17, 15) is 0 Å². The van der Waals surface area contributed by atoms with E-state index in [1.165, 1.54) is 60.0 Å². The summed E-state index contributed by atoms with van der Waals surface area (Å²) in [6.45, 7) is 15.5. The van der Waals surface area contributed by atoms with Crippen LogP contribution < -0.4 is 15.1 Å². The van der Waals surface area contributed by atoms with Crippen molar-refractivity contribution in [2.75, 3.05) is 15.1 Å². The molecule has 1 N–H and O–H groups in total. The Morgan fingerprint density at radius 2 is 1.87 bits per heavy atom. The number of thiophene rings is 1. The van der Waals surface area contributed by atoms with Crippen molar-refractivity contribution in [3.8, 4) is 0 Å². The lowest BCUT2D eigenvalue weighted by Gasteiger charge is -2.44. The van der Waals surface area contributed by atoms with Gasteiger partial charge in [-0.2, -0.15) is 0 Å². The highest BCUT2D eigenvalue weighted by Crippen LogP contribution is 2.40. The van der Waals surface area contributed by atoms with Gasteiger partial charge in [0.05, 0.1) is 17.4 Å². The second kappa shape index (κ2) is 16.3. The number of anilines is 3. The maximum atomic E-state index is 4.35. The first-order chi connectivity index (χ1) is 25.9. The molecule has 2 aromatic carbocycles. The van der Waals surface area contributed by atoms with E-state index in [1.54, 1.807) is 0 Å². The second-order valence-electron chi connectivity index (χ2n) is 14.5. The van der Waals surface area contributed by atoms with Crippen LogP contribution in [-0.4, -0.2) is 12.1 Å². The van der Waals surface area contributed by atoms with Crippen LogP contribution in [0.15, 0.2) is 168 Å². The number of aryl methyl sites for hydroxylation is 1. The van der Waals surface area contributed by atoms with E-state index >= 15 is 0 Å². The lowest BCUT2D eigenvalue weighted by molar-refractivity contribution is 0.619. The third-order valence-corrected chi connectivity index (χ3v) is 12.1. The maximum Gasteiger partial charge on any atom is 0.0724 e. The molecule has 0 saturated carbocycles. The SMILES string of the molecule is C=C\C(=C/C=C(C)/C(C)=C/C1C(C)Nc2ccccc2N1C1=CC=CCC1)N(C1=CCC(C2=CCCC=C2)C=C1)c1ccc2sc(C)c(/C=C\C)c2c1. The van der Waals surface area contributed by atoms with Crippen molar-refractivity contribution in [1.29, 1.82) is 0 Å². The van der Waals surface area contributed by atoms with Crippen LogP contribution in [0.5, 0.6) is 0 Å². The summed E-state index contributed by atoms with van der Waals surface area (Å²) in [5.74, 6) is 0.412. The van der Waals surface area contributed by atoms with Crippen LogP contribution in [0.2, 0.25) is 0 Å². The summed E-state index contributed by atoms with van der Waals surface area (Å²) in [6, 6.07) is 16.0. The van der Waals surface area contributed by atoms with E-state index in [4.69, 9.17) is 0 Å². The van der Waals surface area contributed by atoms with Crippen molar-refractivity contribution in [3.63, 3.8) is 0 Å². The highest BCUT2D eigenvalue weighted by atomic mass is 32.1. The Bertz CT molecular complexity index is 2190. The van der Waals surface area contributed by atoms with Gasteiger partial charge in [-0.1, -0.05) is 91.1 Å². The lowest BCUT2D eigenvalue weighted by atomic mass is 9.88. The van der Waals surface area contributed by atoms with Crippen LogP contribution in [0.1, 0.15) is 70.2 Å². The molecule has 0 spiro atoms. The fraction of sp³-hybridized carbons (Fsp3) is 0.265. The van der Waals surface area contributed by atoms with Crippen LogP contribution in [0.3, 0.4) is 0 Å². The second-order valence-corrected chi connectivity index (χ2v) is 15.8. The molecule has 3 atom stereocenters. The first-order valence-electron chi connectivity index (χ1n) is 19.3. The highest BCUT2D eigenvalue weighted by molar-refractivity contribution is 7.19. The molecular weight excluding hydrogens is 663 g/mol. The molecule has 3 aromatic rings. The Balaban J connectivity index is 1.25. The number of hydrogen-bond acceptors (Lipinski definition) is 4. The minimum Gasteiger partial charge on any atom is -0.378 e. The quantitative estimate of drug-likeness (QED) is 0.211. The predicted molar refractivity (Wildman–Crippen MR) is 234 cm³/mol. The molecule has 0 radical (unpaired) electrons. The monoisotopic (exact) mass is 715 g/mol. The summed E-state index contributed by atoms with van der Waals surface area (Å²) in [4.78, 5) is 6.28. The summed E-state index contributed by atoms with van der Waals surface area (Å²) in [5.41, 5.74) is 12.4. The van der Waals surface area contributed by atoms with Crippen molar-refractivity contribution in [1.82, 2.24) is 0 Å². The smallest absolute Gasteiger partial charge is 0.0724 e. The molecule has 270 valence electrons. The molecule has 0 saturated heterocycles. The number of rotatable bonds is 10. The molecule has 1 aromatic heterocycles. The van der Waals surface area contributed by atoms with Crippen LogP contribution in [-0.2, 0) is 0 Å². The van der Waals surface area contributed by atoms with E-state index in [1.807, 2.05) is 17.4 Å². The number of fused-ring (bicyclic) bond motifs is 2. The molecule has 0 amide bonds. The summed E-state index contributed by atoms with van der Waals surface area (Å²) >= 11 is 1.87. The van der Waals surface area contributed by atoms with E-state index in [2.05, 4.69) is 184 Å². The van der Waals surface area contributed by atoms with Gasteiger partial charge in [0, 0.05) is 49.7 Å². The zero-order chi connectivity index (χ0) is 36.9. The molecule has 4 aliphatic rings. The van der Waals surface area contributed by atoms with Gasteiger partial charge in [-0.05, 0) is 138 Å². The van der Waals surface area contributed by atoms with Crippen LogP contribution in [0, 0.1) is 12.8 Å². The number of nitrogens with one attached hydrogen (secondary N) is 1. The maximum absolute atomic E-state index is 4.35. The van der Waals surface area contributed by atoms with Crippen molar-refractivity contribution in [3.05, 3.63) is 178 Å². The van der Waals surface area contributed by atoms with Crippen molar-refractivity contribution >= 4 is 44.6 Å². The van der Waals surface area contributed by atoms with Crippen molar-refractivity contribution in [2.24, 2.45) is 5.92 Å². The first kappa shape index (κ1) is 36.3. The van der Waals surface area contributed by atoms with E-state index in [0.717, 1.165) is 43.5 Å². The van der Waals surface area contributed by atoms with E-state index in [0.29, 0.717) is 5.92 Å². The molecule has 53 heavy (non-hydrogen) atoms. The van der Waals surface area contributed by atoms with Crippen LogP contribution in [0.4, 0.5) is 17.1 Å². The third-order valence-electron chi connectivity index (χ3n) is 11.0. The fourth-order valence-electron chi connectivity index (χ4n) is 7.96. The zero-order valence-electron chi connectivity index (χ0n) is 32.0. The zero-order valence-corrected chi connectivity index (χ0v) is 32.8. The van der Waals surface area contributed by atoms with Crippen molar-refractivity contribution in [2.45, 2.75) is 78.8 Å². The molecule has 0 fully saturated rings. The predicted octanol–water partition coefficient (Wildman–Crippen LogP) is 13.7. The van der Waals surface area contributed by atoms with Gasteiger partial charge in [-0.3, -0.25) is 0 Å². The van der Waals surface area contributed by atoms with Gasteiger partial charge >= 0.3 is 0 Å². The number of nitrogens with zero attached hydrogens (tertiary/aromatic N) is 2. The summed E-state index contributed by atoms with van der Waals surface area (Å²) in [6.07, 6.45) is 39.6. The van der Waals surface area contributed by atoms with Gasteiger partial charge in [-0.15, -0.1) is 11.3 Å². The van der Waals surface area contributed by atoms with Gasteiger partial charge in [0.25, 0.3) is 0 Å². The molecule has 3 unspecified atom stereocenters. The number of allylic oxidation sites excluding steroid dienone is 17. The topological polar surface area (TPSA) is 18.5 Å². The standard InChI is InChI=1S/C49H53N3S/c1-7-17-44-37(6)53-49-31-30-43(33-45(44)49)51(42-28-25-39(26-29-42)38-18-11-9-12-19-38)40(8-2)27-24-34(3)35(4)32-48-36(5)50-46-22-15-16-23-47(46)52(48)41-20-13-10-14-21-41/h7-8,10-11,13,15-20,22-25,27-33,36,39,48,50H,2,9,12,14,21,26H2,1,3-6H3/b17-7-,34-24+,35-32+,40-27+. The Kier molecular flexibility index (Phi) is 11.2. The summed E-state index contributed by atoms with van der Waals surface area (Å²) < 4.78 is 1.31. The fourth-order valence-corrected chi connectivity index (χ4v) is 8.99. The first-order valence-corrected chi connectivity index (χ1v) is 20.1. The Hall–Kier alpha value is -5.06. The molecule has 4 heteroatoms. The minimum absolute atomic E-state index is 0.178. The summed E-state index contributed by atoms with van der Waals surface area (Å²) in [7, 11) is 0. The van der Waals surface area contributed by atoms with E-state index in [-0.39, 0.29) is 12.1 Å². The number of para-hydroxylation sites is 2. The summed E-state index contributed by atoms with van der Waals surface area (Å²) in [5, 5.41) is 5.09. The van der Waals surface area contributed by atoms with Gasteiger partial charge in [0.2, 0.25) is 0 Å². The van der Waals surface area contributed by atoms with Crippen LogP contribution in [0.25, 0.3) is 16.2 Å². The molecule has 0 bridgehead atoms. The minimum atomic E-state index is 0.178. The molecule has 7 rings (SSSR count). The average molecular weight is 716 g/mol. The van der Waals surface area contributed by atoms with Gasteiger partial charge in [0.1, 0.15) is 0 Å². The lowest BCUT2D eigenvalue weighted by Crippen LogP contribution is -2.48.